The van der Waals surface area contributed by atoms with Crippen LogP contribution in [0.25, 0.3) is 0 Å². The van der Waals surface area contributed by atoms with E-state index in [1.165, 1.54) is 24.2 Å². The number of carbonyl (C=O) groups is 1. The molecule has 0 unspecified atom stereocenters. The summed E-state index contributed by atoms with van der Waals surface area (Å²) in [7, 11) is 0. The molecule has 0 aliphatic carbocycles. The topological polar surface area (TPSA) is 71.5 Å². The number of aromatic nitrogens is 3. The molecule has 0 saturated carbocycles. The number of nitrogens with zero attached hydrogens (tertiary/aromatic N) is 5. The van der Waals surface area contributed by atoms with Crippen molar-refractivity contribution in [1.29, 1.82) is 0 Å². The fourth-order valence-corrected chi connectivity index (χ4v) is 4.18. The summed E-state index contributed by atoms with van der Waals surface area (Å²) in [5.41, 5.74) is 0.845. The van der Waals surface area contributed by atoms with Gasteiger partial charge >= 0.3 is 0 Å². The molecule has 8 heteroatoms. The molecule has 0 aromatic carbocycles. The van der Waals surface area contributed by atoms with Gasteiger partial charge in [-0.3, -0.25) is 4.79 Å². The molecule has 2 fully saturated rings. The highest BCUT2D eigenvalue weighted by Gasteiger charge is 2.28. The first kappa shape index (κ1) is 17.4. The predicted molar refractivity (Wildman–Crippen MR) is 99.6 cm³/mol. The molecular weight excluding hydrogens is 350 g/mol. The second-order valence-corrected chi connectivity index (χ2v) is 7.67. The van der Waals surface area contributed by atoms with E-state index in [1.54, 1.807) is 12.4 Å². The normalized spacial score (nSPS) is 20.6. The van der Waals surface area contributed by atoms with Gasteiger partial charge in [-0.15, -0.1) is 11.3 Å². The maximum Gasteiger partial charge on any atom is 0.265 e. The molecule has 2 aliphatic heterocycles. The van der Waals surface area contributed by atoms with Crippen molar-refractivity contribution in [2.24, 2.45) is 0 Å². The number of aryl methyl sites for hydroxylation is 1. The first-order chi connectivity index (χ1) is 12.7. The van der Waals surface area contributed by atoms with Crippen molar-refractivity contribution in [2.45, 2.75) is 32.3 Å². The second kappa shape index (κ2) is 7.67. The molecule has 26 heavy (non-hydrogen) atoms. The van der Waals surface area contributed by atoms with Crippen molar-refractivity contribution in [3.05, 3.63) is 34.0 Å². The molecule has 0 bridgehead atoms. The summed E-state index contributed by atoms with van der Waals surface area (Å²) in [4.78, 5) is 30.9. The quantitative estimate of drug-likeness (QED) is 0.819. The average molecular weight is 373 g/mol. The number of morpholine rings is 1. The minimum absolute atomic E-state index is 0.0318. The second-order valence-electron chi connectivity index (χ2n) is 6.56. The van der Waals surface area contributed by atoms with E-state index >= 15 is 0 Å². The molecule has 1 atom stereocenters. The molecule has 2 aliphatic rings. The first-order valence-electron chi connectivity index (χ1n) is 9.18. The number of anilines is 1. The zero-order chi connectivity index (χ0) is 17.9. The molecule has 2 saturated heterocycles. The van der Waals surface area contributed by atoms with Crippen LogP contribution in [0.1, 0.15) is 46.2 Å². The van der Waals surface area contributed by atoms with E-state index in [0.717, 1.165) is 36.2 Å². The van der Waals surface area contributed by atoms with Crippen molar-refractivity contribution < 1.29 is 9.53 Å². The standard InChI is InChI=1S/C18H23N5O2S/c1-2-16-20-11-15(26-16)17(24)23-9-10-25-14(12-23)13-5-6-19-18(21-13)22-7-3-4-8-22/h5-6,11,14H,2-4,7-10,12H2,1H3/t14-/m1/s1. The SMILES string of the molecule is CCc1ncc(C(=O)N2CCO[C@@H](c3ccnc(N4CCCC4)n3)C2)s1. The Morgan fingerprint density at radius 3 is 2.92 bits per heavy atom. The van der Waals surface area contributed by atoms with E-state index in [1.807, 2.05) is 17.9 Å². The monoisotopic (exact) mass is 373 g/mol. The summed E-state index contributed by atoms with van der Waals surface area (Å²) < 4.78 is 5.91. The van der Waals surface area contributed by atoms with Crippen molar-refractivity contribution in [3.63, 3.8) is 0 Å². The van der Waals surface area contributed by atoms with Gasteiger partial charge in [0, 0.05) is 25.8 Å². The third-order valence-corrected chi connectivity index (χ3v) is 5.93. The predicted octanol–water partition coefficient (Wildman–Crippen LogP) is 2.31. The summed E-state index contributed by atoms with van der Waals surface area (Å²) in [5.74, 6) is 0.798. The number of hydrogen-bond acceptors (Lipinski definition) is 7. The van der Waals surface area contributed by atoms with Gasteiger partial charge in [0.25, 0.3) is 5.91 Å². The molecule has 7 nitrogen and oxygen atoms in total. The molecule has 4 rings (SSSR count). The van der Waals surface area contributed by atoms with Gasteiger partial charge in [-0.1, -0.05) is 6.92 Å². The Kier molecular flexibility index (Phi) is 5.12. The zero-order valence-electron chi connectivity index (χ0n) is 14.9. The van der Waals surface area contributed by atoms with Crippen molar-refractivity contribution in [2.75, 3.05) is 37.7 Å². The molecule has 0 N–H and O–H groups in total. The van der Waals surface area contributed by atoms with E-state index in [0.29, 0.717) is 24.6 Å². The molecule has 0 spiro atoms. The number of rotatable bonds is 4. The van der Waals surface area contributed by atoms with Crippen LogP contribution in [0, 0.1) is 0 Å². The number of amides is 1. The number of thiazole rings is 1. The number of hydrogen-bond donors (Lipinski definition) is 0. The average Bonchev–Trinajstić information content (AvgIpc) is 3.39. The van der Waals surface area contributed by atoms with Crippen LogP contribution in [0.2, 0.25) is 0 Å². The van der Waals surface area contributed by atoms with Crippen LogP contribution >= 0.6 is 11.3 Å². The Morgan fingerprint density at radius 1 is 1.31 bits per heavy atom. The fourth-order valence-electron chi connectivity index (χ4n) is 3.35. The third-order valence-electron chi connectivity index (χ3n) is 4.80. The van der Waals surface area contributed by atoms with Gasteiger partial charge in [-0.05, 0) is 25.3 Å². The molecule has 2 aromatic heterocycles. The van der Waals surface area contributed by atoms with Gasteiger partial charge in [0.15, 0.2) is 0 Å². The van der Waals surface area contributed by atoms with Crippen LogP contribution in [0.4, 0.5) is 5.95 Å². The van der Waals surface area contributed by atoms with E-state index in [-0.39, 0.29) is 12.0 Å². The Balaban J connectivity index is 1.48. The molecule has 138 valence electrons. The summed E-state index contributed by atoms with van der Waals surface area (Å²) in [6.07, 6.45) is 6.48. The lowest BCUT2D eigenvalue weighted by atomic mass is 10.2. The van der Waals surface area contributed by atoms with Crippen LogP contribution in [-0.2, 0) is 11.2 Å². The van der Waals surface area contributed by atoms with Gasteiger partial charge in [0.1, 0.15) is 11.0 Å². The van der Waals surface area contributed by atoms with E-state index in [2.05, 4.69) is 14.9 Å². The summed E-state index contributed by atoms with van der Waals surface area (Å²) in [6, 6.07) is 1.89. The smallest absolute Gasteiger partial charge is 0.265 e. The van der Waals surface area contributed by atoms with E-state index < -0.39 is 0 Å². The van der Waals surface area contributed by atoms with Gasteiger partial charge in [-0.25, -0.2) is 15.0 Å². The van der Waals surface area contributed by atoms with Crippen LogP contribution in [0.15, 0.2) is 18.5 Å². The van der Waals surface area contributed by atoms with Gasteiger partial charge in [0.2, 0.25) is 5.95 Å². The van der Waals surface area contributed by atoms with Crippen molar-refractivity contribution in [3.8, 4) is 0 Å². The third kappa shape index (κ3) is 3.57. The molecule has 2 aromatic rings. The van der Waals surface area contributed by atoms with Crippen molar-refractivity contribution >= 4 is 23.2 Å². The van der Waals surface area contributed by atoms with Crippen LogP contribution in [-0.4, -0.2) is 58.5 Å². The highest BCUT2D eigenvalue weighted by atomic mass is 32.1. The highest BCUT2D eigenvalue weighted by Crippen LogP contribution is 2.25. The lowest BCUT2D eigenvalue weighted by Crippen LogP contribution is -2.42. The Hall–Kier alpha value is -2.06. The summed E-state index contributed by atoms with van der Waals surface area (Å²) in [5, 5.41) is 0.990. The Bertz CT molecular complexity index is 774. The maximum absolute atomic E-state index is 12.8. The fraction of sp³-hybridized carbons (Fsp3) is 0.556. The van der Waals surface area contributed by atoms with Gasteiger partial charge in [-0.2, -0.15) is 0 Å². The minimum Gasteiger partial charge on any atom is -0.368 e. The lowest BCUT2D eigenvalue weighted by Gasteiger charge is -2.32. The summed E-state index contributed by atoms with van der Waals surface area (Å²) >= 11 is 1.48. The molecule has 0 radical (unpaired) electrons. The largest absolute Gasteiger partial charge is 0.368 e. The van der Waals surface area contributed by atoms with E-state index in [9.17, 15) is 4.79 Å². The van der Waals surface area contributed by atoms with Gasteiger partial charge < -0.3 is 14.5 Å². The van der Waals surface area contributed by atoms with Crippen LogP contribution in [0.5, 0.6) is 0 Å². The number of ether oxygens (including phenoxy) is 1. The Labute approximate surface area is 157 Å². The van der Waals surface area contributed by atoms with Crippen molar-refractivity contribution in [1.82, 2.24) is 19.9 Å². The highest BCUT2D eigenvalue weighted by molar-refractivity contribution is 7.13. The van der Waals surface area contributed by atoms with Crippen LogP contribution < -0.4 is 4.90 Å². The molecular formula is C18H23N5O2S. The summed E-state index contributed by atoms with van der Waals surface area (Å²) in [6.45, 7) is 5.67. The zero-order valence-corrected chi connectivity index (χ0v) is 15.7. The van der Waals surface area contributed by atoms with Crippen LogP contribution in [0.3, 0.4) is 0 Å². The molecule has 1 amide bonds. The minimum atomic E-state index is -0.212. The lowest BCUT2D eigenvalue weighted by molar-refractivity contribution is -0.0245. The number of carbonyl (C=O) groups excluding carboxylic acids is 1. The Morgan fingerprint density at radius 2 is 2.15 bits per heavy atom. The molecule has 4 heterocycles. The maximum atomic E-state index is 12.8. The van der Waals surface area contributed by atoms with E-state index in [4.69, 9.17) is 9.72 Å². The van der Waals surface area contributed by atoms with Gasteiger partial charge in [0.05, 0.1) is 30.1 Å². The first-order valence-corrected chi connectivity index (χ1v) is 9.99.